The van der Waals surface area contributed by atoms with Crippen molar-refractivity contribution in [3.05, 3.63) is 0 Å². The minimum atomic E-state index is 0.399. The zero-order valence-electron chi connectivity index (χ0n) is 12.0. The Morgan fingerprint density at radius 2 is 2.28 bits per heavy atom. The Morgan fingerprint density at radius 1 is 1.44 bits per heavy atom. The molecule has 4 atom stereocenters. The van der Waals surface area contributed by atoms with Crippen molar-refractivity contribution < 1.29 is 9.47 Å². The molecule has 106 valence electrons. The highest BCUT2D eigenvalue weighted by Crippen LogP contribution is 2.22. The molecule has 2 saturated heterocycles. The molecular formula is C14H28N2O2. The summed E-state index contributed by atoms with van der Waals surface area (Å²) in [4.78, 5) is 2.55. The van der Waals surface area contributed by atoms with E-state index >= 15 is 0 Å². The molecule has 0 aromatic rings. The molecule has 0 aromatic carbocycles. The van der Waals surface area contributed by atoms with Crippen molar-refractivity contribution in [1.82, 2.24) is 10.2 Å². The van der Waals surface area contributed by atoms with Gasteiger partial charge in [-0.1, -0.05) is 6.92 Å². The fourth-order valence-electron chi connectivity index (χ4n) is 3.19. The first-order chi connectivity index (χ1) is 8.74. The Bertz CT molecular complexity index is 244. The third-order valence-corrected chi connectivity index (χ3v) is 4.64. The molecule has 4 nitrogen and oxygen atoms in total. The molecule has 2 heterocycles. The fraction of sp³-hybridized carbons (Fsp3) is 1.00. The van der Waals surface area contributed by atoms with Crippen molar-refractivity contribution >= 4 is 0 Å². The topological polar surface area (TPSA) is 33.7 Å². The largest absolute Gasteiger partial charge is 0.381 e. The van der Waals surface area contributed by atoms with Gasteiger partial charge >= 0.3 is 0 Å². The molecule has 4 heteroatoms. The van der Waals surface area contributed by atoms with E-state index in [-0.39, 0.29) is 0 Å². The summed E-state index contributed by atoms with van der Waals surface area (Å²) >= 11 is 0. The molecule has 0 radical (unpaired) electrons. The lowest BCUT2D eigenvalue weighted by Gasteiger charge is -2.38. The second-order valence-electron chi connectivity index (χ2n) is 5.82. The Labute approximate surface area is 111 Å². The highest BCUT2D eigenvalue weighted by Gasteiger charge is 2.30. The second-order valence-corrected chi connectivity index (χ2v) is 5.82. The van der Waals surface area contributed by atoms with Crippen LogP contribution in [0.5, 0.6) is 0 Å². The van der Waals surface area contributed by atoms with E-state index in [2.05, 4.69) is 24.2 Å². The summed E-state index contributed by atoms with van der Waals surface area (Å²) in [6.07, 6.45) is 2.84. The van der Waals surface area contributed by atoms with Gasteiger partial charge in [-0.3, -0.25) is 4.90 Å². The third kappa shape index (κ3) is 3.44. The van der Waals surface area contributed by atoms with Gasteiger partial charge in [0.25, 0.3) is 0 Å². The van der Waals surface area contributed by atoms with E-state index in [1.165, 1.54) is 19.4 Å². The van der Waals surface area contributed by atoms with Gasteiger partial charge in [-0.15, -0.1) is 0 Å². The summed E-state index contributed by atoms with van der Waals surface area (Å²) in [5.41, 5.74) is 0. The zero-order chi connectivity index (χ0) is 13.0. The maximum atomic E-state index is 5.59. The maximum Gasteiger partial charge on any atom is 0.0724 e. The molecular weight excluding hydrogens is 228 g/mol. The molecule has 0 spiro atoms. The molecule has 0 aromatic heterocycles. The zero-order valence-corrected chi connectivity index (χ0v) is 12.0. The number of hydrogen-bond acceptors (Lipinski definition) is 4. The van der Waals surface area contributed by atoms with Crippen molar-refractivity contribution in [1.29, 1.82) is 0 Å². The van der Waals surface area contributed by atoms with Gasteiger partial charge in [0.2, 0.25) is 0 Å². The summed E-state index contributed by atoms with van der Waals surface area (Å²) in [7, 11) is 3.91. The van der Waals surface area contributed by atoms with E-state index in [4.69, 9.17) is 9.47 Å². The first-order valence-electron chi connectivity index (χ1n) is 7.24. The van der Waals surface area contributed by atoms with Crippen LogP contribution in [0.15, 0.2) is 0 Å². The third-order valence-electron chi connectivity index (χ3n) is 4.64. The Hall–Kier alpha value is -0.160. The van der Waals surface area contributed by atoms with Gasteiger partial charge in [-0.05, 0) is 32.4 Å². The monoisotopic (exact) mass is 256 g/mol. The van der Waals surface area contributed by atoms with Crippen molar-refractivity contribution in [2.75, 3.05) is 47.0 Å². The van der Waals surface area contributed by atoms with E-state index in [0.717, 1.165) is 26.3 Å². The van der Waals surface area contributed by atoms with Gasteiger partial charge in [-0.25, -0.2) is 0 Å². The lowest BCUT2D eigenvalue weighted by molar-refractivity contribution is -0.00923. The Morgan fingerprint density at radius 3 is 2.89 bits per heavy atom. The van der Waals surface area contributed by atoms with Crippen LogP contribution in [-0.2, 0) is 9.47 Å². The average molecular weight is 256 g/mol. The molecule has 0 amide bonds. The molecule has 18 heavy (non-hydrogen) atoms. The van der Waals surface area contributed by atoms with Crippen LogP contribution >= 0.6 is 0 Å². The number of hydrogen-bond donors (Lipinski definition) is 1. The lowest BCUT2D eigenvalue weighted by atomic mass is 9.93. The number of piperidine rings is 1. The number of likely N-dealkylation sites (N-methyl/N-ethyl adjacent to an activating group) is 1. The molecule has 0 saturated carbocycles. The normalized spacial score (nSPS) is 35.8. The minimum Gasteiger partial charge on any atom is -0.381 e. The number of methoxy groups -OCH3 is 1. The van der Waals surface area contributed by atoms with E-state index in [0.29, 0.717) is 24.0 Å². The van der Waals surface area contributed by atoms with E-state index in [1.807, 2.05) is 7.11 Å². The van der Waals surface area contributed by atoms with E-state index in [1.54, 1.807) is 0 Å². The van der Waals surface area contributed by atoms with Gasteiger partial charge in [0.1, 0.15) is 0 Å². The van der Waals surface area contributed by atoms with Crippen molar-refractivity contribution in [3.63, 3.8) is 0 Å². The first kappa shape index (κ1) is 14.3. The second kappa shape index (κ2) is 6.85. The maximum absolute atomic E-state index is 5.59. The number of nitrogens with one attached hydrogen (secondary N) is 1. The summed E-state index contributed by atoms with van der Waals surface area (Å²) in [6, 6.07) is 0.554. The van der Waals surface area contributed by atoms with Crippen LogP contribution in [0.25, 0.3) is 0 Å². The SMILES string of the molecule is CNC(CN1CCC(C)C(OC)C1)C1CCOC1. The molecule has 4 unspecified atom stereocenters. The fourth-order valence-corrected chi connectivity index (χ4v) is 3.19. The van der Waals surface area contributed by atoms with Crippen LogP contribution < -0.4 is 5.32 Å². The molecule has 1 N–H and O–H groups in total. The smallest absolute Gasteiger partial charge is 0.0724 e. The van der Waals surface area contributed by atoms with Crippen LogP contribution in [0.4, 0.5) is 0 Å². The average Bonchev–Trinajstić information content (AvgIpc) is 2.91. The molecule has 2 fully saturated rings. The van der Waals surface area contributed by atoms with Gasteiger partial charge in [0.15, 0.2) is 0 Å². The van der Waals surface area contributed by atoms with Gasteiger partial charge in [0.05, 0.1) is 12.7 Å². The van der Waals surface area contributed by atoms with Crippen LogP contribution in [0, 0.1) is 11.8 Å². The molecule has 2 aliphatic rings. The Balaban J connectivity index is 1.83. The predicted octanol–water partition coefficient (Wildman–Crippen LogP) is 0.968. The highest BCUT2D eigenvalue weighted by atomic mass is 16.5. The number of nitrogens with zero attached hydrogens (tertiary/aromatic N) is 1. The van der Waals surface area contributed by atoms with Crippen molar-refractivity contribution in [3.8, 4) is 0 Å². The van der Waals surface area contributed by atoms with E-state index in [9.17, 15) is 0 Å². The van der Waals surface area contributed by atoms with Crippen LogP contribution in [0.1, 0.15) is 19.8 Å². The molecule has 2 rings (SSSR count). The van der Waals surface area contributed by atoms with Gasteiger partial charge in [0, 0.05) is 38.8 Å². The molecule has 0 bridgehead atoms. The van der Waals surface area contributed by atoms with Crippen LogP contribution in [0.3, 0.4) is 0 Å². The number of likely N-dealkylation sites (tertiary alicyclic amines) is 1. The summed E-state index contributed by atoms with van der Waals surface area (Å²) < 4.78 is 11.1. The summed E-state index contributed by atoms with van der Waals surface area (Å²) in [5, 5.41) is 3.47. The highest BCUT2D eigenvalue weighted by molar-refractivity contribution is 4.85. The van der Waals surface area contributed by atoms with Crippen LogP contribution in [-0.4, -0.2) is 64.1 Å². The van der Waals surface area contributed by atoms with Crippen molar-refractivity contribution in [2.24, 2.45) is 11.8 Å². The standard InChI is InChI=1S/C14H28N2O2/c1-11-4-6-16(9-14(11)17-3)8-13(15-2)12-5-7-18-10-12/h11-15H,4-10H2,1-3H3. The van der Waals surface area contributed by atoms with Crippen LogP contribution in [0.2, 0.25) is 0 Å². The molecule has 2 aliphatic heterocycles. The summed E-state index contributed by atoms with van der Waals surface area (Å²) in [5.74, 6) is 1.37. The van der Waals surface area contributed by atoms with Gasteiger partial charge < -0.3 is 14.8 Å². The number of rotatable bonds is 5. The quantitative estimate of drug-likeness (QED) is 0.795. The predicted molar refractivity (Wildman–Crippen MR) is 72.8 cm³/mol. The van der Waals surface area contributed by atoms with E-state index < -0.39 is 0 Å². The summed E-state index contributed by atoms with van der Waals surface area (Å²) in [6.45, 7) is 7.54. The molecule has 0 aliphatic carbocycles. The minimum absolute atomic E-state index is 0.399. The lowest BCUT2D eigenvalue weighted by Crippen LogP contribution is -2.50. The van der Waals surface area contributed by atoms with Gasteiger partial charge in [-0.2, -0.15) is 0 Å². The first-order valence-corrected chi connectivity index (χ1v) is 7.24. The van der Waals surface area contributed by atoms with Crippen molar-refractivity contribution in [2.45, 2.75) is 31.9 Å². The Kier molecular flexibility index (Phi) is 5.42. The number of ether oxygens (including phenoxy) is 2.